The van der Waals surface area contributed by atoms with E-state index in [2.05, 4.69) is 20.3 Å². The fraction of sp³-hybridized carbons (Fsp3) is 0.286. The second kappa shape index (κ2) is 6.60. The van der Waals surface area contributed by atoms with Crippen LogP contribution in [0.1, 0.15) is 18.5 Å². The predicted molar refractivity (Wildman–Crippen MR) is 75.4 cm³/mol. The summed E-state index contributed by atoms with van der Waals surface area (Å²) in [4.78, 5) is 23.4. The van der Waals surface area contributed by atoms with Crippen molar-refractivity contribution in [3.63, 3.8) is 0 Å². The lowest BCUT2D eigenvalue weighted by atomic mass is 10.2. The number of hydrogen-bond acceptors (Lipinski definition) is 5. The van der Waals surface area contributed by atoms with Gasteiger partial charge in [-0.05, 0) is 31.5 Å². The highest BCUT2D eigenvalue weighted by molar-refractivity contribution is 5.66. The predicted octanol–water partition coefficient (Wildman–Crippen LogP) is 2.12. The molecule has 2 heterocycles. The van der Waals surface area contributed by atoms with Gasteiger partial charge in [0.2, 0.25) is 5.95 Å². The SMILES string of the molecule is Cc1cc(-c2ccccn2)nc(NCCCC(=O)O)n1. The number of pyridine rings is 1. The molecule has 0 atom stereocenters. The van der Waals surface area contributed by atoms with Crippen LogP contribution in [-0.4, -0.2) is 32.6 Å². The lowest BCUT2D eigenvalue weighted by Crippen LogP contribution is -2.08. The van der Waals surface area contributed by atoms with Gasteiger partial charge in [0.1, 0.15) is 0 Å². The minimum Gasteiger partial charge on any atom is -0.481 e. The van der Waals surface area contributed by atoms with Gasteiger partial charge in [-0.15, -0.1) is 0 Å². The van der Waals surface area contributed by atoms with Crippen LogP contribution in [-0.2, 0) is 4.79 Å². The maximum Gasteiger partial charge on any atom is 0.303 e. The highest BCUT2D eigenvalue weighted by Gasteiger charge is 2.05. The quantitative estimate of drug-likeness (QED) is 0.783. The number of aromatic nitrogens is 3. The highest BCUT2D eigenvalue weighted by Crippen LogP contribution is 2.16. The summed E-state index contributed by atoms with van der Waals surface area (Å²) in [5.41, 5.74) is 2.37. The first-order valence-corrected chi connectivity index (χ1v) is 6.38. The van der Waals surface area contributed by atoms with Crippen molar-refractivity contribution in [2.24, 2.45) is 0 Å². The van der Waals surface area contributed by atoms with Crippen LogP contribution in [0.3, 0.4) is 0 Å². The van der Waals surface area contributed by atoms with Crippen LogP contribution in [0.4, 0.5) is 5.95 Å². The van der Waals surface area contributed by atoms with Gasteiger partial charge in [0.05, 0.1) is 11.4 Å². The number of hydrogen-bond donors (Lipinski definition) is 2. The summed E-state index contributed by atoms with van der Waals surface area (Å²) >= 11 is 0. The van der Waals surface area contributed by atoms with Crippen molar-refractivity contribution < 1.29 is 9.90 Å². The van der Waals surface area contributed by atoms with Crippen LogP contribution in [0.15, 0.2) is 30.5 Å². The van der Waals surface area contributed by atoms with Gasteiger partial charge in [0.25, 0.3) is 0 Å². The zero-order valence-electron chi connectivity index (χ0n) is 11.2. The number of rotatable bonds is 6. The smallest absolute Gasteiger partial charge is 0.303 e. The number of anilines is 1. The fourth-order valence-corrected chi connectivity index (χ4v) is 1.73. The second-order valence-corrected chi connectivity index (χ2v) is 4.36. The maximum atomic E-state index is 10.4. The molecule has 0 amide bonds. The van der Waals surface area contributed by atoms with Gasteiger partial charge in [0.15, 0.2) is 0 Å². The third-order valence-electron chi connectivity index (χ3n) is 2.63. The van der Waals surface area contributed by atoms with Crippen LogP contribution in [0.2, 0.25) is 0 Å². The first kappa shape index (κ1) is 13.9. The Labute approximate surface area is 116 Å². The number of carboxylic acid groups (broad SMARTS) is 1. The molecule has 0 aliphatic heterocycles. The summed E-state index contributed by atoms with van der Waals surface area (Å²) in [6.45, 7) is 2.41. The first-order valence-electron chi connectivity index (χ1n) is 6.38. The van der Waals surface area contributed by atoms with E-state index in [0.29, 0.717) is 18.9 Å². The molecule has 0 bridgehead atoms. The van der Waals surface area contributed by atoms with Gasteiger partial charge < -0.3 is 10.4 Å². The monoisotopic (exact) mass is 272 g/mol. The second-order valence-electron chi connectivity index (χ2n) is 4.36. The number of carboxylic acids is 1. The van der Waals surface area contributed by atoms with Gasteiger partial charge in [-0.1, -0.05) is 6.07 Å². The Balaban J connectivity index is 2.07. The number of nitrogens with one attached hydrogen (secondary N) is 1. The third kappa shape index (κ3) is 4.01. The molecule has 0 aliphatic rings. The molecule has 104 valence electrons. The van der Waals surface area contributed by atoms with Crippen molar-refractivity contribution in [1.29, 1.82) is 0 Å². The Hall–Kier alpha value is -2.50. The van der Waals surface area contributed by atoms with Crippen LogP contribution < -0.4 is 5.32 Å². The van der Waals surface area contributed by atoms with Crippen molar-refractivity contribution in [2.75, 3.05) is 11.9 Å². The van der Waals surface area contributed by atoms with Gasteiger partial charge in [-0.3, -0.25) is 9.78 Å². The average molecular weight is 272 g/mol. The molecule has 2 N–H and O–H groups in total. The first-order chi connectivity index (χ1) is 9.65. The molecule has 20 heavy (non-hydrogen) atoms. The van der Waals surface area contributed by atoms with Gasteiger partial charge >= 0.3 is 5.97 Å². The van der Waals surface area contributed by atoms with E-state index in [9.17, 15) is 4.79 Å². The molecule has 0 fully saturated rings. The Morgan fingerprint density at radius 1 is 1.30 bits per heavy atom. The van der Waals surface area contributed by atoms with Crippen molar-refractivity contribution >= 4 is 11.9 Å². The lowest BCUT2D eigenvalue weighted by molar-refractivity contribution is -0.137. The van der Waals surface area contributed by atoms with Crippen molar-refractivity contribution in [2.45, 2.75) is 19.8 Å². The van der Waals surface area contributed by atoms with Gasteiger partial charge in [-0.2, -0.15) is 0 Å². The highest BCUT2D eigenvalue weighted by atomic mass is 16.4. The average Bonchev–Trinajstić information content (AvgIpc) is 2.44. The number of aliphatic carboxylic acids is 1. The minimum atomic E-state index is -0.800. The van der Waals surface area contributed by atoms with Crippen molar-refractivity contribution in [3.05, 3.63) is 36.2 Å². The molecule has 0 radical (unpaired) electrons. The molecule has 2 rings (SSSR count). The van der Waals surface area contributed by atoms with Crippen molar-refractivity contribution in [3.8, 4) is 11.4 Å². The van der Waals surface area contributed by atoms with Gasteiger partial charge in [-0.25, -0.2) is 9.97 Å². The molecule has 0 saturated carbocycles. The van der Waals surface area contributed by atoms with Gasteiger partial charge in [0, 0.05) is 24.9 Å². The summed E-state index contributed by atoms with van der Waals surface area (Å²) in [7, 11) is 0. The van der Waals surface area contributed by atoms with Crippen LogP contribution >= 0.6 is 0 Å². The van der Waals surface area contributed by atoms with E-state index in [0.717, 1.165) is 17.1 Å². The Bertz CT molecular complexity index is 587. The summed E-state index contributed by atoms with van der Waals surface area (Å²) < 4.78 is 0. The summed E-state index contributed by atoms with van der Waals surface area (Å²) in [5, 5.41) is 11.6. The van der Waals surface area contributed by atoms with E-state index in [1.165, 1.54) is 0 Å². The normalized spacial score (nSPS) is 10.2. The molecule has 0 spiro atoms. The number of carbonyl (C=O) groups is 1. The van der Waals surface area contributed by atoms with Crippen LogP contribution in [0.5, 0.6) is 0 Å². The Kier molecular flexibility index (Phi) is 4.60. The molecule has 2 aromatic heterocycles. The molecule has 0 aromatic carbocycles. The number of aryl methyl sites for hydroxylation is 1. The molecular weight excluding hydrogens is 256 g/mol. The molecule has 0 saturated heterocycles. The van der Waals surface area contributed by atoms with Crippen LogP contribution in [0.25, 0.3) is 11.4 Å². The van der Waals surface area contributed by atoms with E-state index in [-0.39, 0.29) is 6.42 Å². The van der Waals surface area contributed by atoms with Crippen LogP contribution in [0, 0.1) is 6.92 Å². The number of nitrogens with zero attached hydrogens (tertiary/aromatic N) is 3. The summed E-state index contributed by atoms with van der Waals surface area (Å²) in [6, 6.07) is 7.50. The molecule has 2 aromatic rings. The summed E-state index contributed by atoms with van der Waals surface area (Å²) in [6.07, 6.45) is 2.38. The van der Waals surface area contributed by atoms with E-state index in [1.807, 2.05) is 31.2 Å². The van der Waals surface area contributed by atoms with E-state index < -0.39 is 5.97 Å². The fourth-order valence-electron chi connectivity index (χ4n) is 1.73. The third-order valence-corrected chi connectivity index (χ3v) is 2.63. The van der Waals surface area contributed by atoms with E-state index in [4.69, 9.17) is 5.11 Å². The summed E-state index contributed by atoms with van der Waals surface area (Å²) in [5.74, 6) is -0.304. The Morgan fingerprint density at radius 3 is 2.85 bits per heavy atom. The standard InChI is InChI=1S/C14H16N4O2/c1-10-9-12(11-5-2-3-7-15-11)18-14(17-10)16-8-4-6-13(19)20/h2-3,5,7,9H,4,6,8H2,1H3,(H,19,20)(H,16,17,18). The zero-order chi connectivity index (χ0) is 14.4. The molecule has 6 nitrogen and oxygen atoms in total. The van der Waals surface area contributed by atoms with E-state index >= 15 is 0 Å². The molecular formula is C14H16N4O2. The molecule has 0 aliphatic carbocycles. The topological polar surface area (TPSA) is 88.0 Å². The largest absolute Gasteiger partial charge is 0.481 e. The molecule has 0 unspecified atom stereocenters. The maximum absolute atomic E-state index is 10.4. The Morgan fingerprint density at radius 2 is 2.15 bits per heavy atom. The zero-order valence-corrected chi connectivity index (χ0v) is 11.2. The lowest BCUT2D eigenvalue weighted by Gasteiger charge is -2.07. The molecule has 6 heteroatoms. The van der Waals surface area contributed by atoms with Crippen molar-refractivity contribution in [1.82, 2.24) is 15.0 Å². The van der Waals surface area contributed by atoms with E-state index in [1.54, 1.807) is 6.20 Å². The minimum absolute atomic E-state index is 0.131.